The second-order valence-electron chi connectivity index (χ2n) is 7.69. The van der Waals surface area contributed by atoms with E-state index >= 15 is 0 Å². The highest BCUT2D eigenvalue weighted by Crippen LogP contribution is 2.38. The van der Waals surface area contributed by atoms with E-state index < -0.39 is 5.97 Å². The summed E-state index contributed by atoms with van der Waals surface area (Å²) in [7, 11) is 0. The van der Waals surface area contributed by atoms with E-state index in [0.717, 1.165) is 39.7 Å². The molecule has 6 nitrogen and oxygen atoms in total. The third-order valence-electron chi connectivity index (χ3n) is 5.67. The van der Waals surface area contributed by atoms with Gasteiger partial charge in [0.15, 0.2) is 0 Å². The molecule has 1 unspecified atom stereocenters. The first kappa shape index (κ1) is 20.3. The summed E-state index contributed by atoms with van der Waals surface area (Å²) in [5.74, 6) is -0.962. The number of nitrogens with one attached hydrogen (secondary N) is 2. The molecule has 31 heavy (non-hydrogen) atoms. The maximum absolute atomic E-state index is 11.9. The van der Waals surface area contributed by atoms with Crippen LogP contribution in [-0.2, 0) is 0 Å². The van der Waals surface area contributed by atoms with Gasteiger partial charge in [-0.1, -0.05) is 61.0 Å². The van der Waals surface area contributed by atoms with Gasteiger partial charge in [-0.05, 0) is 42.2 Å². The maximum Gasteiger partial charge on any atom is 0.336 e. The van der Waals surface area contributed by atoms with E-state index in [9.17, 15) is 9.90 Å². The fourth-order valence-corrected chi connectivity index (χ4v) is 4.15. The number of hydrogen-bond acceptors (Lipinski definition) is 3. The van der Waals surface area contributed by atoms with Crippen LogP contribution in [0.5, 0.6) is 0 Å². The number of rotatable bonds is 6. The Kier molecular flexibility index (Phi) is 5.29. The molecular formula is C25H24N4O2. The first-order chi connectivity index (χ1) is 14.9. The zero-order valence-electron chi connectivity index (χ0n) is 17.4. The molecule has 0 aliphatic heterocycles. The van der Waals surface area contributed by atoms with Gasteiger partial charge in [-0.3, -0.25) is 10.5 Å². The van der Waals surface area contributed by atoms with Crippen molar-refractivity contribution < 1.29 is 9.90 Å². The van der Waals surface area contributed by atoms with Gasteiger partial charge in [0.1, 0.15) is 5.84 Å². The van der Waals surface area contributed by atoms with Gasteiger partial charge in [0.25, 0.3) is 0 Å². The van der Waals surface area contributed by atoms with Crippen LogP contribution in [0.3, 0.4) is 0 Å². The van der Waals surface area contributed by atoms with E-state index in [-0.39, 0.29) is 11.8 Å². The van der Waals surface area contributed by atoms with Crippen molar-refractivity contribution in [2.24, 2.45) is 5.73 Å². The van der Waals surface area contributed by atoms with Crippen LogP contribution in [0, 0.1) is 12.3 Å². The zero-order chi connectivity index (χ0) is 22.1. The third kappa shape index (κ3) is 3.68. The van der Waals surface area contributed by atoms with Gasteiger partial charge < -0.3 is 10.8 Å². The lowest BCUT2D eigenvalue weighted by atomic mass is 9.84. The van der Waals surface area contributed by atoms with E-state index in [4.69, 9.17) is 11.1 Å². The lowest BCUT2D eigenvalue weighted by Crippen LogP contribution is -2.10. The number of amidine groups is 1. The quantitative estimate of drug-likeness (QED) is 0.261. The van der Waals surface area contributed by atoms with E-state index in [0.29, 0.717) is 16.7 Å². The minimum Gasteiger partial charge on any atom is -0.478 e. The van der Waals surface area contributed by atoms with Crippen molar-refractivity contribution in [1.29, 1.82) is 5.41 Å². The summed E-state index contributed by atoms with van der Waals surface area (Å²) in [6.45, 7) is 3.99. The van der Waals surface area contributed by atoms with Crippen molar-refractivity contribution >= 4 is 22.7 Å². The number of nitrogens with zero attached hydrogens (tertiary/aromatic N) is 1. The summed E-state index contributed by atoms with van der Waals surface area (Å²) in [6.07, 6.45) is 0.791. The van der Waals surface area contributed by atoms with Gasteiger partial charge in [-0.15, -0.1) is 0 Å². The molecule has 1 heterocycles. The molecule has 0 radical (unpaired) electrons. The van der Waals surface area contributed by atoms with Gasteiger partial charge >= 0.3 is 5.97 Å². The molecule has 0 bridgehead atoms. The molecule has 0 spiro atoms. The van der Waals surface area contributed by atoms with Crippen LogP contribution in [0.2, 0.25) is 0 Å². The lowest BCUT2D eigenvalue weighted by Gasteiger charge is -2.19. The van der Waals surface area contributed by atoms with E-state index in [1.807, 2.05) is 61.5 Å². The molecule has 0 saturated heterocycles. The van der Waals surface area contributed by atoms with Crippen molar-refractivity contribution in [2.75, 3.05) is 0 Å². The summed E-state index contributed by atoms with van der Waals surface area (Å²) in [6, 6.07) is 19.0. The van der Waals surface area contributed by atoms with Gasteiger partial charge in [-0.25, -0.2) is 4.79 Å². The number of carboxylic acid groups (broad SMARTS) is 1. The number of benzene rings is 3. The Hall–Kier alpha value is -3.93. The fourth-order valence-electron chi connectivity index (χ4n) is 4.15. The van der Waals surface area contributed by atoms with Crippen LogP contribution in [0.4, 0.5) is 0 Å². The topological polar surface area (TPSA) is 116 Å². The zero-order valence-corrected chi connectivity index (χ0v) is 17.4. The monoisotopic (exact) mass is 412 g/mol. The first-order valence-electron chi connectivity index (χ1n) is 10.2. The fraction of sp³-hybridized carbons (Fsp3) is 0.160. The van der Waals surface area contributed by atoms with E-state index in [2.05, 4.69) is 17.1 Å². The van der Waals surface area contributed by atoms with Crippen molar-refractivity contribution in [3.05, 3.63) is 88.6 Å². The number of aromatic carboxylic acids is 1. The molecule has 0 aliphatic rings. The van der Waals surface area contributed by atoms with Crippen LogP contribution >= 0.6 is 0 Å². The van der Waals surface area contributed by atoms with Gasteiger partial charge in [0.05, 0.1) is 16.8 Å². The Morgan fingerprint density at radius 2 is 1.90 bits per heavy atom. The molecule has 6 heteroatoms. The molecule has 1 atom stereocenters. The summed E-state index contributed by atoms with van der Waals surface area (Å²) < 4.78 is 0. The molecule has 0 saturated carbocycles. The summed E-state index contributed by atoms with van der Waals surface area (Å²) in [4.78, 5) is 11.9. The molecule has 0 aliphatic carbocycles. The Morgan fingerprint density at radius 3 is 2.61 bits per heavy atom. The third-order valence-corrected chi connectivity index (χ3v) is 5.67. The molecule has 3 aromatic carbocycles. The maximum atomic E-state index is 11.9. The number of nitrogen functional groups attached to an aromatic ring is 1. The smallest absolute Gasteiger partial charge is 0.336 e. The second-order valence-corrected chi connectivity index (χ2v) is 7.69. The van der Waals surface area contributed by atoms with E-state index in [1.165, 1.54) is 0 Å². The van der Waals surface area contributed by atoms with Crippen molar-refractivity contribution in [2.45, 2.75) is 26.2 Å². The summed E-state index contributed by atoms with van der Waals surface area (Å²) >= 11 is 0. The minimum absolute atomic E-state index is 0.0102. The van der Waals surface area contributed by atoms with Gasteiger partial charge in [0.2, 0.25) is 0 Å². The number of hydrogen-bond donors (Lipinski definition) is 4. The van der Waals surface area contributed by atoms with Crippen molar-refractivity contribution in [3.63, 3.8) is 0 Å². The van der Waals surface area contributed by atoms with Crippen LogP contribution in [0.1, 0.15) is 52.0 Å². The number of nitrogens with two attached hydrogens (primary N) is 1. The second kappa shape index (κ2) is 8.07. The Morgan fingerprint density at radius 1 is 1.13 bits per heavy atom. The lowest BCUT2D eigenvalue weighted by molar-refractivity contribution is 0.0697. The summed E-state index contributed by atoms with van der Waals surface area (Å²) in [5, 5.41) is 26.1. The van der Waals surface area contributed by atoms with Gasteiger partial charge in [-0.2, -0.15) is 5.10 Å². The molecule has 0 fully saturated rings. The Labute approximate surface area is 180 Å². The van der Waals surface area contributed by atoms with E-state index in [1.54, 1.807) is 6.07 Å². The van der Waals surface area contributed by atoms with Gasteiger partial charge in [0, 0.05) is 16.9 Å². The van der Waals surface area contributed by atoms with Crippen LogP contribution < -0.4 is 5.73 Å². The number of carbonyl (C=O) groups is 1. The largest absolute Gasteiger partial charge is 0.478 e. The highest BCUT2D eigenvalue weighted by molar-refractivity contribution is 5.99. The average molecular weight is 412 g/mol. The predicted molar refractivity (Wildman–Crippen MR) is 123 cm³/mol. The van der Waals surface area contributed by atoms with Crippen molar-refractivity contribution in [1.82, 2.24) is 10.2 Å². The molecule has 4 rings (SSSR count). The number of aryl methyl sites for hydroxylation is 1. The van der Waals surface area contributed by atoms with Crippen LogP contribution in [0.25, 0.3) is 22.0 Å². The molecule has 156 valence electrons. The first-order valence-corrected chi connectivity index (χ1v) is 10.2. The average Bonchev–Trinajstić information content (AvgIpc) is 3.18. The normalized spacial score (nSPS) is 12.1. The number of fused-ring (bicyclic) bond motifs is 1. The number of carboxylic acids is 1. The standard InChI is InChI=1S/C25H24N4O2/c1-3-16(23-20-11-9-15(24(26)27)13-22(20)28-29-23)17-6-4-5-7-18(17)19-10-8-14(2)12-21(19)25(30)31/h4-13,16H,3H2,1-2H3,(H3,26,27)(H,28,29)(H,30,31). The van der Waals surface area contributed by atoms with Crippen molar-refractivity contribution in [3.8, 4) is 11.1 Å². The Balaban J connectivity index is 1.89. The highest BCUT2D eigenvalue weighted by Gasteiger charge is 2.23. The summed E-state index contributed by atoms with van der Waals surface area (Å²) in [5.41, 5.74) is 11.8. The molecular weight excluding hydrogens is 388 g/mol. The number of aromatic nitrogens is 2. The van der Waals surface area contributed by atoms with Crippen LogP contribution in [0.15, 0.2) is 60.7 Å². The predicted octanol–water partition coefficient (Wildman–Crippen LogP) is 5.06. The SMILES string of the molecule is CCC(c1ccccc1-c1ccc(C)cc1C(=O)O)c1n[nH]c2cc(C(=N)N)ccc12. The highest BCUT2D eigenvalue weighted by atomic mass is 16.4. The molecule has 0 amide bonds. The number of aromatic amines is 1. The number of H-pyrrole nitrogens is 1. The Bertz CT molecular complexity index is 1310. The minimum atomic E-state index is -0.941. The molecule has 4 aromatic rings. The molecule has 5 N–H and O–H groups in total. The molecule has 1 aromatic heterocycles. The van der Waals surface area contributed by atoms with Crippen LogP contribution in [-0.4, -0.2) is 27.1 Å².